The molecule has 0 bridgehead atoms. The Morgan fingerprint density at radius 3 is 2.63 bits per heavy atom. The fraction of sp³-hybridized carbons (Fsp3) is 0.273. The van der Waals surface area contributed by atoms with Gasteiger partial charge in [-0.1, -0.05) is 67.2 Å². The number of thioether (sulfide) groups is 1. The topological polar surface area (TPSA) is 47.3 Å². The predicted molar refractivity (Wildman–Crippen MR) is 109 cm³/mol. The van der Waals surface area contributed by atoms with E-state index in [0.29, 0.717) is 18.7 Å². The highest BCUT2D eigenvalue weighted by atomic mass is 32.2. The van der Waals surface area contributed by atoms with E-state index < -0.39 is 0 Å². The summed E-state index contributed by atoms with van der Waals surface area (Å²) in [5, 5.41) is 10.7. The molecule has 1 unspecified atom stereocenters. The van der Waals surface area contributed by atoms with E-state index in [1.165, 1.54) is 11.3 Å². The van der Waals surface area contributed by atoms with Crippen molar-refractivity contribution in [3.8, 4) is 6.07 Å². The van der Waals surface area contributed by atoms with Crippen LogP contribution < -0.4 is 4.90 Å². The molecule has 4 rings (SSSR count). The fourth-order valence-electron chi connectivity index (χ4n) is 3.80. The SMILES string of the molecule is CCc1ccccc1N1CSC2=C(C#N)C(c3ccccc3)CC(=O)N2C1. The molecule has 2 heterocycles. The van der Waals surface area contributed by atoms with Crippen molar-refractivity contribution < 1.29 is 4.79 Å². The predicted octanol–water partition coefficient (Wildman–Crippen LogP) is 4.47. The molecule has 2 aromatic carbocycles. The van der Waals surface area contributed by atoms with Crippen LogP contribution in [-0.2, 0) is 11.2 Å². The van der Waals surface area contributed by atoms with Crippen LogP contribution in [0.3, 0.4) is 0 Å². The Bertz CT molecular complexity index is 932. The van der Waals surface area contributed by atoms with Crippen molar-refractivity contribution in [3.05, 3.63) is 76.3 Å². The molecule has 27 heavy (non-hydrogen) atoms. The van der Waals surface area contributed by atoms with Gasteiger partial charge in [0.15, 0.2) is 0 Å². The van der Waals surface area contributed by atoms with Crippen LogP contribution in [0.5, 0.6) is 0 Å². The van der Waals surface area contributed by atoms with E-state index in [2.05, 4.69) is 36.1 Å². The van der Waals surface area contributed by atoms with E-state index in [1.54, 1.807) is 16.7 Å². The molecule has 0 spiro atoms. The number of carbonyl (C=O) groups excluding carboxylic acids is 1. The normalized spacial score (nSPS) is 19.7. The lowest BCUT2D eigenvalue weighted by Gasteiger charge is -2.42. The van der Waals surface area contributed by atoms with Gasteiger partial charge in [-0.15, -0.1) is 0 Å². The summed E-state index contributed by atoms with van der Waals surface area (Å²) in [7, 11) is 0. The number of nitrogens with zero attached hydrogens (tertiary/aromatic N) is 3. The highest BCUT2D eigenvalue weighted by Crippen LogP contribution is 2.43. The van der Waals surface area contributed by atoms with Gasteiger partial charge in [0.1, 0.15) is 0 Å². The van der Waals surface area contributed by atoms with E-state index in [-0.39, 0.29) is 11.8 Å². The Hall–Kier alpha value is -2.71. The van der Waals surface area contributed by atoms with Crippen LogP contribution in [0.1, 0.15) is 30.4 Å². The molecule has 1 fully saturated rings. The van der Waals surface area contributed by atoms with Crippen LogP contribution in [0.15, 0.2) is 65.2 Å². The number of rotatable bonds is 3. The second-order valence-corrected chi connectivity index (χ2v) is 7.69. The van der Waals surface area contributed by atoms with E-state index in [0.717, 1.165) is 22.9 Å². The van der Waals surface area contributed by atoms with Gasteiger partial charge in [0.05, 0.1) is 29.2 Å². The summed E-state index contributed by atoms with van der Waals surface area (Å²) in [6.07, 6.45) is 1.30. The second-order valence-electron chi connectivity index (χ2n) is 6.76. The highest BCUT2D eigenvalue weighted by molar-refractivity contribution is 8.03. The Morgan fingerprint density at radius 2 is 1.89 bits per heavy atom. The average molecular weight is 375 g/mol. The van der Waals surface area contributed by atoms with Crippen molar-refractivity contribution in [1.29, 1.82) is 5.26 Å². The number of hydrogen-bond donors (Lipinski definition) is 0. The first-order valence-electron chi connectivity index (χ1n) is 9.18. The van der Waals surface area contributed by atoms with Crippen molar-refractivity contribution in [3.63, 3.8) is 0 Å². The van der Waals surface area contributed by atoms with E-state index in [1.807, 2.05) is 36.4 Å². The van der Waals surface area contributed by atoms with Crippen molar-refractivity contribution in [2.45, 2.75) is 25.7 Å². The summed E-state index contributed by atoms with van der Waals surface area (Å²) >= 11 is 1.59. The van der Waals surface area contributed by atoms with Crippen molar-refractivity contribution in [2.24, 2.45) is 0 Å². The van der Waals surface area contributed by atoms with Crippen LogP contribution in [-0.4, -0.2) is 23.4 Å². The summed E-state index contributed by atoms with van der Waals surface area (Å²) in [6.45, 7) is 2.65. The smallest absolute Gasteiger partial charge is 0.229 e. The Labute approximate surface area is 164 Å². The van der Waals surface area contributed by atoms with Gasteiger partial charge in [-0.05, 0) is 23.6 Å². The number of benzene rings is 2. The molecule has 0 aliphatic carbocycles. The number of hydrogen-bond acceptors (Lipinski definition) is 4. The number of carbonyl (C=O) groups is 1. The van der Waals surface area contributed by atoms with E-state index in [4.69, 9.17) is 0 Å². The van der Waals surface area contributed by atoms with Gasteiger partial charge >= 0.3 is 0 Å². The zero-order valence-corrected chi connectivity index (χ0v) is 16.1. The monoisotopic (exact) mass is 375 g/mol. The van der Waals surface area contributed by atoms with Gasteiger partial charge in [0, 0.05) is 18.0 Å². The highest BCUT2D eigenvalue weighted by Gasteiger charge is 2.38. The first-order valence-corrected chi connectivity index (χ1v) is 10.2. The number of para-hydroxylation sites is 1. The lowest BCUT2D eigenvalue weighted by Crippen LogP contribution is -2.47. The Kier molecular flexibility index (Phi) is 4.91. The van der Waals surface area contributed by atoms with Gasteiger partial charge in [-0.3, -0.25) is 9.69 Å². The minimum atomic E-state index is -0.142. The first-order chi connectivity index (χ1) is 13.2. The van der Waals surface area contributed by atoms with Gasteiger partial charge in [0.25, 0.3) is 0 Å². The van der Waals surface area contributed by atoms with Crippen LogP contribution in [0, 0.1) is 11.3 Å². The molecule has 0 aromatic heterocycles. The number of aryl methyl sites for hydroxylation is 1. The minimum Gasteiger partial charge on any atom is -0.343 e. The lowest BCUT2D eigenvalue weighted by molar-refractivity contribution is -0.129. The van der Waals surface area contributed by atoms with Gasteiger partial charge in [-0.2, -0.15) is 5.26 Å². The van der Waals surface area contributed by atoms with E-state index >= 15 is 0 Å². The molecule has 2 aliphatic heterocycles. The molecule has 5 heteroatoms. The number of nitriles is 1. The maximum Gasteiger partial charge on any atom is 0.229 e. The van der Waals surface area contributed by atoms with Crippen molar-refractivity contribution in [1.82, 2.24) is 4.90 Å². The van der Waals surface area contributed by atoms with Crippen LogP contribution in [0.4, 0.5) is 5.69 Å². The number of amides is 1. The third kappa shape index (κ3) is 3.22. The molecule has 2 aliphatic rings. The molecule has 1 saturated heterocycles. The number of allylic oxidation sites excluding steroid dienone is 1. The molecule has 0 N–H and O–H groups in total. The molecule has 1 atom stereocenters. The first kappa shape index (κ1) is 17.7. The summed E-state index contributed by atoms with van der Waals surface area (Å²) in [5.41, 5.74) is 4.20. The molecular formula is C22H21N3OS. The van der Waals surface area contributed by atoms with Crippen LogP contribution in [0.25, 0.3) is 0 Å². The molecule has 2 aromatic rings. The summed E-state index contributed by atoms with van der Waals surface area (Å²) in [4.78, 5) is 17.0. The summed E-state index contributed by atoms with van der Waals surface area (Å²) in [6, 6.07) is 20.6. The average Bonchev–Trinajstić information content (AvgIpc) is 2.74. The molecule has 1 amide bonds. The lowest BCUT2D eigenvalue weighted by atomic mass is 9.86. The maximum atomic E-state index is 12.9. The summed E-state index contributed by atoms with van der Waals surface area (Å²) in [5.74, 6) is 0.684. The third-order valence-corrected chi connectivity index (χ3v) is 6.36. The minimum absolute atomic E-state index is 0.0871. The second kappa shape index (κ2) is 7.50. The van der Waals surface area contributed by atoms with Gasteiger partial charge in [0.2, 0.25) is 5.91 Å². The Morgan fingerprint density at radius 1 is 1.15 bits per heavy atom. The van der Waals surface area contributed by atoms with Crippen LogP contribution in [0.2, 0.25) is 0 Å². The summed E-state index contributed by atoms with van der Waals surface area (Å²) < 4.78 is 0. The molecule has 0 radical (unpaired) electrons. The number of fused-ring (bicyclic) bond motifs is 1. The quantitative estimate of drug-likeness (QED) is 0.794. The van der Waals surface area contributed by atoms with Crippen molar-refractivity contribution >= 4 is 23.4 Å². The Balaban J connectivity index is 1.68. The molecule has 0 saturated carbocycles. The molecule has 136 valence electrons. The van der Waals surface area contributed by atoms with Gasteiger partial charge in [-0.25, -0.2) is 0 Å². The largest absolute Gasteiger partial charge is 0.343 e. The number of anilines is 1. The molecule has 4 nitrogen and oxygen atoms in total. The standard InChI is InChI=1S/C22H21N3OS/c1-2-16-8-6-7-11-20(16)24-14-25-21(26)12-18(17-9-4-3-5-10-17)19(13-23)22(25)27-15-24/h3-11,18H,2,12,14-15H2,1H3. The third-order valence-electron chi connectivity index (χ3n) is 5.21. The maximum absolute atomic E-state index is 12.9. The van der Waals surface area contributed by atoms with E-state index in [9.17, 15) is 10.1 Å². The fourth-order valence-corrected chi connectivity index (χ4v) is 4.96. The van der Waals surface area contributed by atoms with Crippen LogP contribution >= 0.6 is 11.8 Å². The van der Waals surface area contributed by atoms with Crippen molar-refractivity contribution in [2.75, 3.05) is 17.4 Å². The van der Waals surface area contributed by atoms with Gasteiger partial charge < -0.3 is 4.90 Å². The molecular weight excluding hydrogens is 354 g/mol. The zero-order chi connectivity index (χ0) is 18.8. The zero-order valence-electron chi connectivity index (χ0n) is 15.3.